The second kappa shape index (κ2) is 7.06. The van der Waals surface area contributed by atoms with Gasteiger partial charge in [0.05, 0.1) is 18.9 Å². The average molecular weight is 253 g/mol. The maximum Gasteiger partial charge on any atom is 0.239 e. The number of nitrogens with two attached hydrogens (primary N) is 1. The van der Waals surface area contributed by atoms with Gasteiger partial charge in [0.2, 0.25) is 5.88 Å². The third kappa shape index (κ3) is 4.41. The van der Waals surface area contributed by atoms with Crippen molar-refractivity contribution < 1.29 is 9.47 Å². The van der Waals surface area contributed by atoms with Crippen molar-refractivity contribution in [3.05, 3.63) is 12.1 Å². The molecule has 5 heteroatoms. The van der Waals surface area contributed by atoms with E-state index in [1.165, 1.54) is 0 Å². The van der Waals surface area contributed by atoms with Crippen molar-refractivity contribution in [3.63, 3.8) is 0 Å². The van der Waals surface area contributed by atoms with Crippen molar-refractivity contribution in [2.45, 2.75) is 13.8 Å². The molecule has 18 heavy (non-hydrogen) atoms. The molecular formula is C13H23N3O2. The Morgan fingerprint density at radius 2 is 2.11 bits per heavy atom. The van der Waals surface area contributed by atoms with E-state index in [-0.39, 0.29) is 0 Å². The molecule has 0 unspecified atom stereocenters. The van der Waals surface area contributed by atoms with Crippen LogP contribution >= 0.6 is 0 Å². The molecule has 0 aromatic carbocycles. The molecule has 0 aliphatic rings. The molecule has 0 spiro atoms. The second-order valence-electron chi connectivity index (χ2n) is 4.68. The van der Waals surface area contributed by atoms with Gasteiger partial charge in [0.1, 0.15) is 5.82 Å². The molecular weight excluding hydrogens is 230 g/mol. The number of anilines is 2. The van der Waals surface area contributed by atoms with Crippen molar-refractivity contribution in [2.24, 2.45) is 5.92 Å². The smallest absolute Gasteiger partial charge is 0.239 e. The molecule has 1 rings (SSSR count). The molecule has 0 atom stereocenters. The monoisotopic (exact) mass is 253 g/mol. The lowest BCUT2D eigenvalue weighted by Crippen LogP contribution is -2.23. The maximum atomic E-state index is 5.85. The Kier molecular flexibility index (Phi) is 5.71. The number of aromatic nitrogens is 1. The lowest BCUT2D eigenvalue weighted by Gasteiger charge is -2.19. The van der Waals surface area contributed by atoms with Gasteiger partial charge in [-0.1, -0.05) is 13.8 Å². The van der Waals surface area contributed by atoms with Crippen molar-refractivity contribution in [1.82, 2.24) is 4.98 Å². The van der Waals surface area contributed by atoms with Gasteiger partial charge in [-0.15, -0.1) is 0 Å². The number of likely N-dealkylation sites (N-methyl/N-ethyl adjacent to an activating group) is 1. The van der Waals surface area contributed by atoms with Gasteiger partial charge in [0, 0.05) is 20.7 Å². The molecule has 0 aliphatic carbocycles. The van der Waals surface area contributed by atoms with Crippen molar-refractivity contribution >= 4 is 11.5 Å². The standard InChI is InChI=1S/C13H23N3O2/c1-10(2)9-18-13-11(14)5-6-12(15-13)16(3)7-8-17-4/h5-6,10H,7-9,14H2,1-4H3. The Bertz CT molecular complexity index is 369. The van der Waals surface area contributed by atoms with Crippen molar-refractivity contribution in [3.8, 4) is 5.88 Å². The number of ether oxygens (including phenoxy) is 2. The van der Waals surface area contributed by atoms with Crippen LogP contribution in [0.5, 0.6) is 5.88 Å². The normalized spacial score (nSPS) is 10.7. The van der Waals surface area contributed by atoms with E-state index in [0.29, 0.717) is 30.7 Å². The van der Waals surface area contributed by atoms with Crippen LogP contribution in [0.4, 0.5) is 11.5 Å². The van der Waals surface area contributed by atoms with Crippen LogP contribution in [0, 0.1) is 5.92 Å². The van der Waals surface area contributed by atoms with Gasteiger partial charge < -0.3 is 20.1 Å². The number of pyridine rings is 1. The summed E-state index contributed by atoms with van der Waals surface area (Å²) in [6, 6.07) is 3.70. The SMILES string of the molecule is COCCN(C)c1ccc(N)c(OCC(C)C)n1. The van der Waals surface area contributed by atoms with Crippen molar-refractivity contribution in [2.75, 3.05) is 44.5 Å². The predicted octanol–water partition coefficient (Wildman–Crippen LogP) is 1.78. The molecule has 0 bridgehead atoms. The zero-order chi connectivity index (χ0) is 13.5. The summed E-state index contributed by atoms with van der Waals surface area (Å²) < 4.78 is 10.6. The summed E-state index contributed by atoms with van der Waals surface area (Å²) in [5.41, 5.74) is 6.41. The van der Waals surface area contributed by atoms with E-state index in [4.69, 9.17) is 15.2 Å². The zero-order valence-corrected chi connectivity index (χ0v) is 11.6. The van der Waals surface area contributed by atoms with Gasteiger partial charge in [-0.05, 0) is 18.1 Å². The van der Waals surface area contributed by atoms with Crippen LogP contribution in [-0.4, -0.2) is 38.9 Å². The van der Waals surface area contributed by atoms with Gasteiger partial charge in [-0.3, -0.25) is 0 Å². The van der Waals surface area contributed by atoms with Crippen LogP contribution in [0.15, 0.2) is 12.1 Å². The highest BCUT2D eigenvalue weighted by molar-refractivity contribution is 5.54. The first-order valence-electron chi connectivity index (χ1n) is 6.14. The quantitative estimate of drug-likeness (QED) is 0.802. The van der Waals surface area contributed by atoms with Crippen LogP contribution in [0.1, 0.15) is 13.8 Å². The Morgan fingerprint density at radius 1 is 1.39 bits per heavy atom. The molecule has 102 valence electrons. The molecule has 0 radical (unpaired) electrons. The molecule has 2 N–H and O–H groups in total. The first-order chi connectivity index (χ1) is 8.54. The fraction of sp³-hybridized carbons (Fsp3) is 0.615. The van der Waals surface area contributed by atoms with Crippen LogP contribution in [0.3, 0.4) is 0 Å². The Hall–Kier alpha value is -1.49. The molecule has 0 fully saturated rings. The zero-order valence-electron chi connectivity index (χ0n) is 11.6. The average Bonchev–Trinajstić information content (AvgIpc) is 2.34. The van der Waals surface area contributed by atoms with E-state index in [0.717, 1.165) is 12.4 Å². The molecule has 0 saturated heterocycles. The number of nitrogens with zero attached hydrogens (tertiary/aromatic N) is 2. The lowest BCUT2D eigenvalue weighted by atomic mass is 10.2. The minimum absolute atomic E-state index is 0.445. The summed E-state index contributed by atoms with van der Waals surface area (Å²) in [6.07, 6.45) is 0. The molecule has 5 nitrogen and oxygen atoms in total. The largest absolute Gasteiger partial charge is 0.476 e. The van der Waals surface area contributed by atoms with Crippen LogP contribution in [-0.2, 0) is 4.74 Å². The minimum Gasteiger partial charge on any atom is -0.476 e. The fourth-order valence-corrected chi connectivity index (χ4v) is 1.36. The van der Waals surface area contributed by atoms with Gasteiger partial charge in [-0.2, -0.15) is 4.98 Å². The first-order valence-corrected chi connectivity index (χ1v) is 6.14. The van der Waals surface area contributed by atoms with Crippen LogP contribution < -0.4 is 15.4 Å². The van der Waals surface area contributed by atoms with Crippen molar-refractivity contribution in [1.29, 1.82) is 0 Å². The summed E-state index contributed by atoms with van der Waals surface area (Å²) in [4.78, 5) is 6.43. The molecule has 0 saturated carbocycles. The third-order valence-corrected chi connectivity index (χ3v) is 2.45. The third-order valence-electron chi connectivity index (χ3n) is 2.45. The highest BCUT2D eigenvalue weighted by Crippen LogP contribution is 2.22. The Morgan fingerprint density at radius 3 is 2.72 bits per heavy atom. The van der Waals surface area contributed by atoms with Gasteiger partial charge in [0.15, 0.2) is 0 Å². The van der Waals surface area contributed by atoms with Gasteiger partial charge in [0.25, 0.3) is 0 Å². The number of hydrogen-bond donors (Lipinski definition) is 1. The highest BCUT2D eigenvalue weighted by atomic mass is 16.5. The van der Waals surface area contributed by atoms with Gasteiger partial charge in [-0.25, -0.2) is 0 Å². The lowest BCUT2D eigenvalue weighted by molar-refractivity contribution is 0.206. The molecule has 0 amide bonds. The predicted molar refractivity (Wildman–Crippen MR) is 74.1 cm³/mol. The molecule has 1 aromatic heterocycles. The van der Waals surface area contributed by atoms with E-state index >= 15 is 0 Å². The molecule has 1 aromatic rings. The van der Waals surface area contributed by atoms with E-state index in [9.17, 15) is 0 Å². The first kappa shape index (κ1) is 14.6. The highest BCUT2D eigenvalue weighted by Gasteiger charge is 2.08. The topological polar surface area (TPSA) is 60.6 Å². The second-order valence-corrected chi connectivity index (χ2v) is 4.68. The maximum absolute atomic E-state index is 5.85. The number of methoxy groups -OCH3 is 1. The number of nitrogen functional groups attached to an aromatic ring is 1. The summed E-state index contributed by atoms with van der Waals surface area (Å²) in [5, 5.41) is 0. The van der Waals surface area contributed by atoms with E-state index in [2.05, 4.69) is 18.8 Å². The molecule has 0 aliphatic heterocycles. The van der Waals surface area contributed by atoms with E-state index < -0.39 is 0 Å². The summed E-state index contributed by atoms with van der Waals surface area (Å²) in [7, 11) is 3.64. The molecule has 1 heterocycles. The van der Waals surface area contributed by atoms with Crippen LogP contribution in [0.25, 0.3) is 0 Å². The minimum atomic E-state index is 0.445. The Labute approximate surface area is 109 Å². The number of rotatable bonds is 7. The summed E-state index contributed by atoms with van der Waals surface area (Å²) >= 11 is 0. The number of hydrogen-bond acceptors (Lipinski definition) is 5. The van der Waals surface area contributed by atoms with Crippen LogP contribution in [0.2, 0.25) is 0 Å². The summed E-state index contributed by atoms with van der Waals surface area (Å²) in [6.45, 7) is 6.22. The van der Waals surface area contributed by atoms with E-state index in [1.807, 2.05) is 24.1 Å². The Balaban J connectivity index is 2.73. The van der Waals surface area contributed by atoms with E-state index in [1.54, 1.807) is 7.11 Å². The summed E-state index contributed by atoms with van der Waals surface area (Å²) in [5.74, 6) is 1.78. The van der Waals surface area contributed by atoms with Gasteiger partial charge >= 0.3 is 0 Å². The fourth-order valence-electron chi connectivity index (χ4n) is 1.36.